The summed E-state index contributed by atoms with van der Waals surface area (Å²) in [5.74, 6) is 0. The van der Waals surface area contributed by atoms with Crippen LogP contribution < -0.4 is 0 Å². The number of hydrogen-bond acceptors (Lipinski definition) is 3. The van der Waals surface area contributed by atoms with Gasteiger partial charge in [0.1, 0.15) is 5.58 Å². The van der Waals surface area contributed by atoms with Crippen LogP contribution in [-0.2, 0) is 0 Å². The number of aliphatic imine (C=N–C) groups is 1. The summed E-state index contributed by atoms with van der Waals surface area (Å²) < 4.78 is 58.0. The molecule has 0 amide bonds. The number of aryl methyl sites for hydroxylation is 1. The second-order valence-corrected chi connectivity index (χ2v) is 4.09. The van der Waals surface area contributed by atoms with Crippen molar-refractivity contribution in [3.8, 4) is 0 Å². The lowest BCUT2D eigenvalue weighted by Crippen LogP contribution is -1.80. The molecule has 0 spiro atoms. The first-order chi connectivity index (χ1) is 12.8. The number of para-hydroxylation sites is 1. The van der Waals surface area contributed by atoms with E-state index in [0.29, 0.717) is 28.5 Å². The van der Waals surface area contributed by atoms with Crippen molar-refractivity contribution in [1.29, 1.82) is 0 Å². The summed E-state index contributed by atoms with van der Waals surface area (Å²) in [4.78, 5) is 8.00. The Kier molecular flexibility index (Phi) is 1.59. The molecule has 3 rings (SSSR count). The van der Waals surface area contributed by atoms with E-state index < -0.39 is 19.1 Å². The zero-order valence-electron chi connectivity index (χ0n) is 17.3. The van der Waals surface area contributed by atoms with E-state index in [0.717, 1.165) is 6.55 Å². The van der Waals surface area contributed by atoms with Gasteiger partial charge in [-0.1, -0.05) is 31.3 Å². The van der Waals surface area contributed by atoms with Crippen LogP contribution in [0, 0.1) is 6.85 Å². The van der Waals surface area contributed by atoms with Gasteiger partial charge in [0.15, 0.2) is 0 Å². The molecule has 0 saturated carbocycles. The molecule has 0 aliphatic heterocycles. The number of benzene rings is 1. The van der Waals surface area contributed by atoms with Crippen molar-refractivity contribution < 1.29 is 14.0 Å². The number of rotatable bonds is 3. The third kappa shape index (κ3) is 1.93. The second-order valence-electron chi connectivity index (χ2n) is 4.09. The Morgan fingerprint density at radius 2 is 2.45 bits per heavy atom. The average Bonchev–Trinajstić information content (AvgIpc) is 3.02. The zero-order valence-corrected chi connectivity index (χ0v) is 10.3. The van der Waals surface area contributed by atoms with Crippen LogP contribution in [0.3, 0.4) is 0 Å². The molecule has 0 bridgehead atoms. The van der Waals surface area contributed by atoms with Crippen molar-refractivity contribution in [1.82, 2.24) is 4.98 Å². The van der Waals surface area contributed by atoms with E-state index in [1.54, 1.807) is 24.3 Å². The lowest BCUT2D eigenvalue weighted by molar-refractivity contribution is 0.651. The molecule has 0 aliphatic carbocycles. The molecule has 0 unspecified atom stereocenters. The largest absolute Gasteiger partial charge is 0.437 e. The van der Waals surface area contributed by atoms with Gasteiger partial charge in [-0.3, -0.25) is 4.99 Å². The maximum Gasteiger partial charge on any atom is 0.227 e. The molecule has 20 heavy (non-hydrogen) atoms. The fourth-order valence-corrected chi connectivity index (χ4v) is 2.03. The number of furan rings is 1. The highest BCUT2D eigenvalue weighted by Gasteiger charge is 2.12. The van der Waals surface area contributed by atoms with Gasteiger partial charge in [0, 0.05) is 32.3 Å². The molecule has 0 aliphatic rings. The quantitative estimate of drug-likeness (QED) is 0.656. The summed E-state index contributed by atoms with van der Waals surface area (Å²) in [6, 6.07) is 7.77. The van der Waals surface area contributed by atoms with E-state index in [2.05, 4.69) is 9.98 Å². The molecule has 2 aromatic heterocycles. The molecule has 98 valence electrons. The first kappa shape index (κ1) is 6.66. The van der Waals surface area contributed by atoms with Crippen molar-refractivity contribution in [2.45, 2.75) is 6.85 Å². The van der Waals surface area contributed by atoms with Crippen LogP contribution in [0.4, 0.5) is 0 Å². The summed E-state index contributed by atoms with van der Waals surface area (Å²) in [5, 5.41) is 1.28. The van der Waals surface area contributed by atoms with Crippen LogP contribution >= 0.6 is 0 Å². The molecule has 0 saturated heterocycles. The van der Waals surface area contributed by atoms with Crippen molar-refractivity contribution in [2.24, 2.45) is 4.99 Å². The topological polar surface area (TPSA) is 38.4 Å². The molecule has 0 radical (unpaired) electrons. The van der Waals surface area contributed by atoms with Gasteiger partial charge in [-0.25, -0.2) is 4.98 Å². The van der Waals surface area contributed by atoms with Crippen LogP contribution in [0.2, 0.25) is 0 Å². The maximum atomic E-state index is 7.72. The Labute approximate surface area is 126 Å². The highest BCUT2D eigenvalue weighted by atomic mass is 16.3. The first-order valence-electron chi connectivity index (χ1n) is 9.44. The molecule has 0 N–H and O–H groups in total. The summed E-state index contributed by atoms with van der Waals surface area (Å²) in [6.45, 7) is -0.746. The first-order valence-corrected chi connectivity index (χ1v) is 5.78. The van der Waals surface area contributed by atoms with Crippen LogP contribution in [-0.4, -0.2) is 11.2 Å². The van der Waals surface area contributed by atoms with Crippen LogP contribution in [0.25, 0.3) is 27.8 Å². The van der Waals surface area contributed by atoms with E-state index in [4.69, 9.17) is 14.0 Å². The van der Waals surface area contributed by atoms with Crippen molar-refractivity contribution in [3.63, 3.8) is 0 Å². The Morgan fingerprint density at radius 1 is 1.45 bits per heavy atom. The molecule has 2 heterocycles. The summed E-state index contributed by atoms with van der Waals surface area (Å²) in [7, 11) is 0. The van der Waals surface area contributed by atoms with Gasteiger partial charge in [0.05, 0.1) is 11.2 Å². The number of aromatic nitrogens is 1. The standard InChI is InChI=1S/C17H14N2O/c1-4-10-18-12(3)13-6-5-7-14-15-9-8-11(2)19-17(15)20-16(13)14/h4-10H,1,3H2,2H3/i1D,2D3,3D,4D,10D. The van der Waals surface area contributed by atoms with Crippen molar-refractivity contribution in [2.75, 3.05) is 0 Å². The molecule has 1 aromatic carbocycles. The van der Waals surface area contributed by atoms with Gasteiger partial charge in [-0.15, -0.1) is 0 Å². The number of pyridine rings is 1. The van der Waals surface area contributed by atoms with E-state index in [-0.39, 0.29) is 17.1 Å². The summed E-state index contributed by atoms with van der Waals surface area (Å²) in [5.41, 5.74) is 0.889. The molecule has 0 atom stereocenters. The minimum Gasteiger partial charge on any atom is -0.437 e. The fourth-order valence-electron chi connectivity index (χ4n) is 2.03. The zero-order chi connectivity index (χ0) is 19.8. The van der Waals surface area contributed by atoms with E-state index in [9.17, 15) is 0 Å². The number of nitrogens with zero attached hydrogens (tertiary/aromatic N) is 2. The predicted octanol–water partition coefficient (Wildman–Crippen LogP) is 4.52. The lowest BCUT2D eigenvalue weighted by atomic mass is 10.1. The van der Waals surface area contributed by atoms with Crippen LogP contribution in [0.1, 0.15) is 20.9 Å². The van der Waals surface area contributed by atoms with Gasteiger partial charge in [0.2, 0.25) is 5.71 Å². The molecular formula is C17H14N2O. The maximum absolute atomic E-state index is 7.72. The number of hydrogen-bond donors (Lipinski definition) is 0. The molecule has 0 fully saturated rings. The van der Waals surface area contributed by atoms with E-state index in [1.807, 2.05) is 0 Å². The SMILES string of the molecule is [2H]C=C([2H])C([2H])=NC(=C[2H])c1cccc2c1oc1nc(C([2H])([2H])[2H])ccc12. The normalized spacial score (nSPS) is 19.8. The molecule has 3 aromatic rings. The monoisotopic (exact) mass is 269 g/mol. The van der Waals surface area contributed by atoms with Gasteiger partial charge < -0.3 is 4.42 Å². The smallest absolute Gasteiger partial charge is 0.227 e. The van der Waals surface area contributed by atoms with E-state index >= 15 is 0 Å². The highest BCUT2D eigenvalue weighted by molar-refractivity contribution is 6.07. The second kappa shape index (κ2) is 4.78. The number of allylic oxidation sites excluding steroid dienone is 1. The fraction of sp³-hybridized carbons (Fsp3) is 0.0588. The van der Waals surface area contributed by atoms with Crippen molar-refractivity contribution >= 4 is 34.0 Å². The highest BCUT2D eigenvalue weighted by Crippen LogP contribution is 2.32. The molecule has 3 heteroatoms. The van der Waals surface area contributed by atoms with Gasteiger partial charge >= 0.3 is 0 Å². The third-order valence-corrected chi connectivity index (χ3v) is 2.88. The molecule has 3 nitrogen and oxygen atoms in total. The van der Waals surface area contributed by atoms with Crippen LogP contribution in [0.5, 0.6) is 0 Å². The van der Waals surface area contributed by atoms with Gasteiger partial charge in [0.25, 0.3) is 0 Å². The predicted molar refractivity (Wildman–Crippen MR) is 84.0 cm³/mol. The Hall–Kier alpha value is -2.68. The number of fused-ring (bicyclic) bond motifs is 3. The Morgan fingerprint density at radius 3 is 3.30 bits per heavy atom. The molecular weight excluding hydrogens is 248 g/mol. The van der Waals surface area contributed by atoms with Gasteiger partial charge in [-0.2, -0.15) is 0 Å². The Bertz CT molecular complexity index is 1110. The lowest BCUT2D eigenvalue weighted by Gasteiger charge is -2.00. The minimum absolute atomic E-state index is 0.0762. The summed E-state index contributed by atoms with van der Waals surface area (Å²) in [6.07, 6.45) is -0.459. The van der Waals surface area contributed by atoms with Gasteiger partial charge in [-0.05, 0) is 25.1 Å². The van der Waals surface area contributed by atoms with E-state index in [1.165, 1.54) is 6.07 Å². The summed E-state index contributed by atoms with van der Waals surface area (Å²) >= 11 is 0. The third-order valence-electron chi connectivity index (χ3n) is 2.88. The van der Waals surface area contributed by atoms with Crippen molar-refractivity contribution in [3.05, 3.63) is 60.8 Å². The van der Waals surface area contributed by atoms with Crippen LogP contribution in [0.15, 0.2) is 58.9 Å². The minimum atomic E-state index is -2.36. The average molecular weight is 269 g/mol. The Balaban J connectivity index is 2.22.